The molecule has 0 fully saturated rings. The number of carbonyl (C=O) groups is 1. The molecule has 116 valence electrons. The van der Waals surface area contributed by atoms with Crippen molar-refractivity contribution in [2.45, 2.75) is 13.8 Å². The van der Waals surface area contributed by atoms with Crippen LogP contribution in [0.4, 0.5) is 5.69 Å². The predicted molar refractivity (Wildman–Crippen MR) is 87.9 cm³/mol. The van der Waals surface area contributed by atoms with Crippen LogP contribution >= 0.6 is 11.6 Å². The van der Waals surface area contributed by atoms with Gasteiger partial charge in [-0.2, -0.15) is 0 Å². The Morgan fingerprint density at radius 1 is 1.14 bits per heavy atom. The zero-order chi connectivity index (χ0) is 15.9. The molecule has 0 aliphatic heterocycles. The Morgan fingerprint density at radius 3 is 2.45 bits per heavy atom. The van der Waals surface area contributed by atoms with E-state index >= 15 is 0 Å². The molecular weight excluding hydrogens is 302 g/mol. The average Bonchev–Trinajstić information content (AvgIpc) is 2.49. The van der Waals surface area contributed by atoms with Gasteiger partial charge in [0.15, 0.2) is 18.1 Å². The number of anilines is 1. The summed E-state index contributed by atoms with van der Waals surface area (Å²) in [5.74, 6) is 0.935. The first-order chi connectivity index (χ1) is 10.6. The molecule has 22 heavy (non-hydrogen) atoms. The first kappa shape index (κ1) is 16.2. The van der Waals surface area contributed by atoms with Gasteiger partial charge in [-0.1, -0.05) is 23.7 Å². The van der Waals surface area contributed by atoms with Gasteiger partial charge in [-0.15, -0.1) is 0 Å². The molecule has 0 unspecified atom stereocenters. The fraction of sp³-hybridized carbons (Fsp3) is 0.235. The lowest BCUT2D eigenvalue weighted by molar-refractivity contribution is -0.118. The summed E-state index contributed by atoms with van der Waals surface area (Å²) in [7, 11) is 0. The number of nitrogens with one attached hydrogen (secondary N) is 1. The van der Waals surface area contributed by atoms with E-state index in [2.05, 4.69) is 5.32 Å². The topological polar surface area (TPSA) is 47.6 Å². The third kappa shape index (κ3) is 4.40. The van der Waals surface area contributed by atoms with E-state index in [0.29, 0.717) is 23.1 Å². The molecule has 0 saturated heterocycles. The quantitative estimate of drug-likeness (QED) is 0.873. The molecule has 0 bridgehead atoms. The zero-order valence-corrected chi connectivity index (χ0v) is 13.3. The van der Waals surface area contributed by atoms with E-state index in [1.165, 1.54) is 0 Å². The highest BCUT2D eigenvalue weighted by atomic mass is 35.5. The predicted octanol–water partition coefficient (Wildman–Crippen LogP) is 4.06. The maximum atomic E-state index is 12.0. The zero-order valence-electron chi connectivity index (χ0n) is 12.6. The average molecular weight is 320 g/mol. The van der Waals surface area contributed by atoms with Crippen molar-refractivity contribution in [1.29, 1.82) is 0 Å². The highest BCUT2D eigenvalue weighted by Crippen LogP contribution is 2.26. The van der Waals surface area contributed by atoms with Crippen molar-refractivity contribution in [2.75, 3.05) is 18.5 Å². The van der Waals surface area contributed by atoms with Crippen LogP contribution in [0.25, 0.3) is 0 Å². The van der Waals surface area contributed by atoms with E-state index in [-0.39, 0.29) is 12.5 Å². The lowest BCUT2D eigenvalue weighted by Gasteiger charge is -2.12. The number of amides is 1. The number of hydrogen-bond donors (Lipinski definition) is 1. The van der Waals surface area contributed by atoms with E-state index in [1.54, 1.807) is 30.3 Å². The van der Waals surface area contributed by atoms with Gasteiger partial charge < -0.3 is 14.8 Å². The molecule has 2 rings (SSSR count). The Bertz CT molecular complexity index is 658. The van der Waals surface area contributed by atoms with Crippen molar-refractivity contribution >= 4 is 23.2 Å². The monoisotopic (exact) mass is 319 g/mol. The number of aryl methyl sites for hydroxylation is 1. The largest absolute Gasteiger partial charge is 0.490 e. The fourth-order valence-corrected chi connectivity index (χ4v) is 2.17. The molecule has 0 heterocycles. The highest BCUT2D eigenvalue weighted by Gasteiger charge is 2.09. The van der Waals surface area contributed by atoms with Gasteiger partial charge in [-0.3, -0.25) is 4.79 Å². The molecule has 2 aromatic carbocycles. The summed E-state index contributed by atoms with van der Waals surface area (Å²) >= 11 is 5.89. The van der Waals surface area contributed by atoms with Gasteiger partial charge in [0.25, 0.3) is 5.91 Å². The molecule has 0 aliphatic rings. The van der Waals surface area contributed by atoms with Gasteiger partial charge in [-0.05, 0) is 49.7 Å². The number of halogens is 1. The van der Waals surface area contributed by atoms with Crippen molar-refractivity contribution < 1.29 is 14.3 Å². The molecule has 0 aliphatic carbocycles. The van der Waals surface area contributed by atoms with Crippen molar-refractivity contribution in [1.82, 2.24) is 0 Å². The minimum atomic E-state index is -0.239. The van der Waals surface area contributed by atoms with E-state index in [4.69, 9.17) is 21.1 Å². The molecule has 2 aromatic rings. The van der Waals surface area contributed by atoms with Crippen molar-refractivity contribution in [3.8, 4) is 11.5 Å². The lowest BCUT2D eigenvalue weighted by atomic mass is 10.2. The Balaban J connectivity index is 1.95. The second-order valence-electron chi connectivity index (χ2n) is 4.68. The molecule has 5 heteroatoms. The maximum Gasteiger partial charge on any atom is 0.262 e. The van der Waals surface area contributed by atoms with E-state index in [1.807, 2.05) is 26.0 Å². The van der Waals surface area contributed by atoms with Gasteiger partial charge in [0, 0.05) is 10.7 Å². The van der Waals surface area contributed by atoms with Gasteiger partial charge in [0.1, 0.15) is 0 Å². The smallest absolute Gasteiger partial charge is 0.262 e. The van der Waals surface area contributed by atoms with Crippen LogP contribution in [0.15, 0.2) is 42.5 Å². The summed E-state index contributed by atoms with van der Waals surface area (Å²) in [6.45, 7) is 4.22. The summed E-state index contributed by atoms with van der Waals surface area (Å²) in [5, 5.41) is 3.43. The second-order valence-corrected chi connectivity index (χ2v) is 5.11. The highest BCUT2D eigenvalue weighted by molar-refractivity contribution is 6.30. The molecule has 0 radical (unpaired) electrons. The summed E-state index contributed by atoms with van der Waals surface area (Å²) in [6.07, 6.45) is 0. The van der Waals surface area contributed by atoms with Crippen molar-refractivity contribution in [3.05, 3.63) is 53.1 Å². The van der Waals surface area contributed by atoms with Crippen LogP contribution in [0, 0.1) is 6.92 Å². The second kappa shape index (κ2) is 7.71. The number of benzene rings is 2. The Hall–Kier alpha value is -2.20. The lowest BCUT2D eigenvalue weighted by Crippen LogP contribution is -2.20. The Morgan fingerprint density at radius 2 is 1.82 bits per heavy atom. The molecule has 1 N–H and O–H groups in total. The molecular formula is C17H18ClNO3. The van der Waals surface area contributed by atoms with Crippen LogP contribution < -0.4 is 14.8 Å². The van der Waals surface area contributed by atoms with Gasteiger partial charge in [0.05, 0.1) is 6.61 Å². The standard InChI is InChI=1S/C17H18ClNO3/c1-3-21-15-6-4-5-7-16(15)22-11-17(20)19-14-9-8-13(18)10-12(14)2/h4-10H,3,11H2,1-2H3,(H,19,20). The summed E-state index contributed by atoms with van der Waals surface area (Å²) in [5.41, 5.74) is 1.62. The van der Waals surface area contributed by atoms with Crippen LogP contribution in [0.1, 0.15) is 12.5 Å². The maximum absolute atomic E-state index is 12.0. The molecule has 0 spiro atoms. The van der Waals surface area contributed by atoms with Gasteiger partial charge in [0.2, 0.25) is 0 Å². The Kier molecular flexibility index (Phi) is 5.67. The van der Waals surface area contributed by atoms with Gasteiger partial charge in [-0.25, -0.2) is 0 Å². The first-order valence-electron chi connectivity index (χ1n) is 7.00. The molecule has 1 amide bonds. The number of para-hydroxylation sites is 2. The molecule has 0 aromatic heterocycles. The van der Waals surface area contributed by atoms with Crippen molar-refractivity contribution in [3.63, 3.8) is 0 Å². The number of carbonyl (C=O) groups excluding carboxylic acids is 1. The fourth-order valence-electron chi connectivity index (χ4n) is 1.94. The summed E-state index contributed by atoms with van der Waals surface area (Å²) in [4.78, 5) is 12.0. The summed E-state index contributed by atoms with van der Waals surface area (Å²) < 4.78 is 11.0. The van der Waals surface area contributed by atoms with Crippen LogP contribution in [0.5, 0.6) is 11.5 Å². The number of hydrogen-bond acceptors (Lipinski definition) is 3. The normalized spacial score (nSPS) is 10.1. The van der Waals surface area contributed by atoms with Crippen LogP contribution in [-0.4, -0.2) is 19.1 Å². The van der Waals surface area contributed by atoms with Gasteiger partial charge >= 0.3 is 0 Å². The van der Waals surface area contributed by atoms with E-state index < -0.39 is 0 Å². The minimum absolute atomic E-state index is 0.0911. The van der Waals surface area contributed by atoms with Crippen LogP contribution in [0.2, 0.25) is 5.02 Å². The van der Waals surface area contributed by atoms with E-state index in [9.17, 15) is 4.79 Å². The first-order valence-corrected chi connectivity index (χ1v) is 7.38. The SMILES string of the molecule is CCOc1ccccc1OCC(=O)Nc1ccc(Cl)cc1C. The Labute approximate surface area is 135 Å². The summed E-state index contributed by atoms with van der Waals surface area (Å²) in [6, 6.07) is 12.6. The van der Waals surface area contributed by atoms with Crippen LogP contribution in [0.3, 0.4) is 0 Å². The van der Waals surface area contributed by atoms with E-state index in [0.717, 1.165) is 11.3 Å². The minimum Gasteiger partial charge on any atom is -0.490 e. The molecule has 0 atom stereocenters. The third-order valence-corrected chi connectivity index (χ3v) is 3.21. The van der Waals surface area contributed by atoms with Crippen LogP contribution in [-0.2, 0) is 4.79 Å². The molecule has 0 saturated carbocycles. The number of ether oxygens (including phenoxy) is 2. The van der Waals surface area contributed by atoms with Crippen molar-refractivity contribution in [2.24, 2.45) is 0 Å². The molecule has 4 nitrogen and oxygen atoms in total. The number of rotatable bonds is 6. The third-order valence-electron chi connectivity index (χ3n) is 2.97.